The van der Waals surface area contributed by atoms with Crippen LogP contribution in [0.25, 0.3) is 44.7 Å². The first-order valence-corrected chi connectivity index (χ1v) is 10.7. The van der Waals surface area contributed by atoms with Crippen LogP contribution in [-0.4, -0.2) is 55.3 Å². The fraction of sp³-hybridized carbons (Fsp3) is 0.261. The number of nitrogens with one attached hydrogen (secondary N) is 2. The predicted octanol–water partition coefficient (Wildman–Crippen LogP) is 3.96. The summed E-state index contributed by atoms with van der Waals surface area (Å²) in [4.78, 5) is 24.1. The maximum Gasteiger partial charge on any atom is 0.159 e. The van der Waals surface area contributed by atoms with Gasteiger partial charge in [-0.1, -0.05) is 0 Å². The highest BCUT2D eigenvalue weighted by Gasteiger charge is 2.20. The molecule has 5 aromatic rings. The Morgan fingerprint density at radius 3 is 2.78 bits per heavy atom. The average molecular weight is 426 g/mol. The maximum absolute atomic E-state index is 5.30. The van der Waals surface area contributed by atoms with Crippen LogP contribution in [0.2, 0.25) is 0 Å². The molecule has 0 amide bonds. The zero-order chi connectivity index (χ0) is 21.5. The van der Waals surface area contributed by atoms with Crippen molar-refractivity contribution in [3.05, 3.63) is 43.0 Å². The monoisotopic (exact) mass is 426 g/mol. The van der Waals surface area contributed by atoms with Crippen LogP contribution in [0, 0.1) is 0 Å². The van der Waals surface area contributed by atoms with E-state index in [1.807, 2.05) is 24.4 Å². The van der Waals surface area contributed by atoms with Gasteiger partial charge in [-0.15, -0.1) is 0 Å². The van der Waals surface area contributed by atoms with Gasteiger partial charge in [0.2, 0.25) is 0 Å². The summed E-state index contributed by atoms with van der Waals surface area (Å²) in [7, 11) is 1.63. The molecule has 9 nitrogen and oxygen atoms in total. The van der Waals surface area contributed by atoms with Crippen molar-refractivity contribution >= 4 is 27.8 Å². The third-order valence-electron chi connectivity index (χ3n) is 5.95. The minimum absolute atomic E-state index is 0.687. The van der Waals surface area contributed by atoms with E-state index in [1.54, 1.807) is 25.7 Å². The van der Waals surface area contributed by atoms with Crippen molar-refractivity contribution in [2.75, 3.05) is 25.1 Å². The molecule has 160 valence electrons. The van der Waals surface area contributed by atoms with Gasteiger partial charge in [-0.2, -0.15) is 5.10 Å². The quantitative estimate of drug-likeness (QED) is 0.448. The van der Waals surface area contributed by atoms with Gasteiger partial charge in [-0.25, -0.2) is 9.97 Å². The van der Waals surface area contributed by atoms with E-state index in [-0.39, 0.29) is 0 Å². The number of hydrogen-bond donors (Lipinski definition) is 2. The molecule has 6 heterocycles. The number of aromatic amines is 2. The van der Waals surface area contributed by atoms with Crippen molar-refractivity contribution in [1.29, 1.82) is 0 Å². The second kappa shape index (κ2) is 7.60. The van der Waals surface area contributed by atoms with Crippen molar-refractivity contribution < 1.29 is 4.74 Å². The van der Waals surface area contributed by atoms with Gasteiger partial charge in [0, 0.05) is 36.4 Å². The lowest BCUT2D eigenvalue weighted by Crippen LogP contribution is -2.30. The van der Waals surface area contributed by atoms with Crippen molar-refractivity contribution in [2.24, 2.45) is 0 Å². The second-order valence-corrected chi connectivity index (χ2v) is 7.96. The molecule has 0 saturated carbocycles. The van der Waals surface area contributed by atoms with E-state index in [2.05, 4.69) is 35.0 Å². The number of hydrogen-bond acceptors (Lipinski definition) is 7. The van der Waals surface area contributed by atoms with Crippen molar-refractivity contribution in [3.8, 4) is 28.5 Å². The summed E-state index contributed by atoms with van der Waals surface area (Å²) in [6.07, 6.45) is 10.7. The number of aromatic nitrogens is 7. The van der Waals surface area contributed by atoms with Crippen LogP contribution in [0.15, 0.2) is 43.0 Å². The third kappa shape index (κ3) is 3.13. The molecule has 0 spiro atoms. The molecule has 1 aliphatic heterocycles. The summed E-state index contributed by atoms with van der Waals surface area (Å²) in [6.45, 7) is 2.03. The lowest BCUT2D eigenvalue weighted by atomic mass is 10.1. The normalized spacial score (nSPS) is 14.3. The number of methoxy groups -OCH3 is 1. The minimum Gasteiger partial charge on any atom is -0.495 e. The summed E-state index contributed by atoms with van der Waals surface area (Å²) in [5, 5.41) is 8.54. The van der Waals surface area contributed by atoms with Crippen molar-refractivity contribution in [3.63, 3.8) is 0 Å². The number of piperidine rings is 1. The molecule has 0 radical (unpaired) electrons. The maximum atomic E-state index is 5.30. The molecule has 2 N–H and O–H groups in total. The molecule has 6 rings (SSSR count). The van der Waals surface area contributed by atoms with Crippen LogP contribution in [0.5, 0.6) is 5.75 Å². The molecular weight excluding hydrogens is 404 g/mol. The van der Waals surface area contributed by atoms with E-state index >= 15 is 0 Å². The molecule has 0 atom stereocenters. The van der Waals surface area contributed by atoms with E-state index in [0.717, 1.165) is 57.8 Å². The fourth-order valence-electron chi connectivity index (χ4n) is 4.30. The van der Waals surface area contributed by atoms with E-state index in [0.29, 0.717) is 11.6 Å². The Hall–Kier alpha value is -4.01. The van der Waals surface area contributed by atoms with Gasteiger partial charge in [0.15, 0.2) is 11.6 Å². The largest absolute Gasteiger partial charge is 0.495 e. The molecule has 0 bridgehead atoms. The van der Waals surface area contributed by atoms with Crippen LogP contribution in [-0.2, 0) is 0 Å². The standard InChI is InChI=1S/C23H22N8O/c1-32-15-9-14(11-24-12-15)18-10-16-19(13-26-18)29-30-20(16)22-27-17-5-6-25-23(21(17)28-22)31-7-3-2-4-8-31/h5-6,9-13H,2-4,7-8H2,1H3,(H,27,28)(H,29,30). The zero-order valence-electron chi connectivity index (χ0n) is 17.7. The van der Waals surface area contributed by atoms with Crippen LogP contribution in [0.3, 0.4) is 0 Å². The van der Waals surface area contributed by atoms with Crippen LogP contribution in [0.4, 0.5) is 5.82 Å². The summed E-state index contributed by atoms with van der Waals surface area (Å²) in [5.41, 5.74) is 5.09. The van der Waals surface area contributed by atoms with Crippen LogP contribution in [0.1, 0.15) is 19.3 Å². The third-order valence-corrected chi connectivity index (χ3v) is 5.95. The van der Waals surface area contributed by atoms with Gasteiger partial charge in [-0.05, 0) is 37.5 Å². The summed E-state index contributed by atoms with van der Waals surface area (Å²) in [5.74, 6) is 2.33. The number of ether oxygens (including phenoxy) is 1. The van der Waals surface area contributed by atoms with Crippen molar-refractivity contribution in [1.82, 2.24) is 35.1 Å². The summed E-state index contributed by atoms with van der Waals surface area (Å²) < 4.78 is 5.30. The van der Waals surface area contributed by atoms with Crippen molar-refractivity contribution in [2.45, 2.75) is 19.3 Å². The smallest absolute Gasteiger partial charge is 0.159 e. The molecular formula is C23H22N8O. The molecule has 1 aliphatic rings. The number of fused-ring (bicyclic) bond motifs is 2. The van der Waals surface area contributed by atoms with Gasteiger partial charge < -0.3 is 14.6 Å². The Bertz CT molecular complexity index is 1420. The van der Waals surface area contributed by atoms with Crippen LogP contribution >= 0.6 is 0 Å². The fourth-order valence-corrected chi connectivity index (χ4v) is 4.30. The second-order valence-electron chi connectivity index (χ2n) is 7.96. The highest BCUT2D eigenvalue weighted by molar-refractivity contribution is 5.96. The SMILES string of the molecule is COc1cncc(-c2cc3c(-c4nc5c(N6CCCCC6)nccc5[nH]4)n[nH]c3cn2)c1. The van der Waals surface area contributed by atoms with Gasteiger partial charge in [-0.3, -0.25) is 15.1 Å². The first-order valence-electron chi connectivity index (χ1n) is 10.7. The summed E-state index contributed by atoms with van der Waals surface area (Å²) in [6, 6.07) is 5.88. The van der Waals surface area contributed by atoms with E-state index < -0.39 is 0 Å². The number of anilines is 1. The molecule has 5 aromatic heterocycles. The summed E-state index contributed by atoms with van der Waals surface area (Å²) >= 11 is 0. The van der Waals surface area contributed by atoms with Crippen LogP contribution < -0.4 is 9.64 Å². The van der Waals surface area contributed by atoms with E-state index in [1.165, 1.54) is 19.3 Å². The Labute approximate surface area is 183 Å². The lowest BCUT2D eigenvalue weighted by molar-refractivity contribution is 0.413. The Balaban J connectivity index is 1.45. The molecule has 0 aromatic carbocycles. The first kappa shape index (κ1) is 18.7. The zero-order valence-corrected chi connectivity index (χ0v) is 17.7. The number of H-pyrrole nitrogens is 2. The number of imidazole rings is 1. The van der Waals surface area contributed by atoms with E-state index in [4.69, 9.17) is 9.72 Å². The lowest BCUT2D eigenvalue weighted by Gasteiger charge is -2.27. The van der Waals surface area contributed by atoms with Gasteiger partial charge in [0.05, 0.1) is 36.2 Å². The van der Waals surface area contributed by atoms with Gasteiger partial charge in [0.1, 0.15) is 17.0 Å². The first-order chi connectivity index (χ1) is 15.8. The van der Waals surface area contributed by atoms with Gasteiger partial charge >= 0.3 is 0 Å². The number of nitrogens with zero attached hydrogens (tertiary/aromatic N) is 6. The molecule has 1 saturated heterocycles. The molecule has 32 heavy (non-hydrogen) atoms. The highest BCUT2D eigenvalue weighted by Crippen LogP contribution is 2.32. The molecule has 1 fully saturated rings. The topological polar surface area (TPSA) is 109 Å². The van der Waals surface area contributed by atoms with Gasteiger partial charge in [0.25, 0.3) is 0 Å². The number of pyridine rings is 3. The average Bonchev–Trinajstić information content (AvgIpc) is 3.48. The Kier molecular flexibility index (Phi) is 4.45. The Morgan fingerprint density at radius 1 is 1.00 bits per heavy atom. The predicted molar refractivity (Wildman–Crippen MR) is 123 cm³/mol. The number of rotatable bonds is 4. The molecule has 0 aliphatic carbocycles. The van der Waals surface area contributed by atoms with E-state index in [9.17, 15) is 0 Å². The molecule has 9 heteroatoms. The Morgan fingerprint density at radius 2 is 1.91 bits per heavy atom. The minimum atomic E-state index is 0.687. The molecule has 0 unspecified atom stereocenters. The highest BCUT2D eigenvalue weighted by atomic mass is 16.5.